The highest BCUT2D eigenvalue weighted by Gasteiger charge is 2.15. The number of benzene rings is 4. The van der Waals surface area contributed by atoms with E-state index in [1.807, 2.05) is 36.4 Å². The van der Waals surface area contributed by atoms with Crippen LogP contribution in [0.4, 0.5) is 0 Å². The van der Waals surface area contributed by atoms with E-state index in [-0.39, 0.29) is 5.92 Å². The Bertz CT molecular complexity index is 1510. The SMILES string of the molecule is CCCCCCOc1ccc(Oc2ccc(C(CC)c3ccc(Oc4ccc(OCCCCCC)c(OCCCCCC)c4)cc3)cc2)cc1OCCCCCC. The Balaban J connectivity index is 1.38. The summed E-state index contributed by atoms with van der Waals surface area (Å²) in [6, 6.07) is 28.7. The Hall–Kier alpha value is -4.32. The maximum Gasteiger partial charge on any atom is 0.164 e. The van der Waals surface area contributed by atoms with Gasteiger partial charge in [-0.05, 0) is 91.8 Å². The summed E-state index contributed by atoms with van der Waals surface area (Å²) in [5.74, 6) is 6.37. The van der Waals surface area contributed by atoms with Crippen molar-refractivity contribution in [3.63, 3.8) is 0 Å². The summed E-state index contributed by atoms with van der Waals surface area (Å²) in [5.41, 5.74) is 2.49. The van der Waals surface area contributed by atoms with E-state index < -0.39 is 0 Å². The second-order valence-corrected chi connectivity index (χ2v) is 15.2. The summed E-state index contributed by atoms with van der Waals surface area (Å²) in [6.45, 7) is 13.9. The van der Waals surface area contributed by atoms with Crippen molar-refractivity contribution < 1.29 is 28.4 Å². The van der Waals surface area contributed by atoms with Crippen molar-refractivity contribution in [3.05, 3.63) is 96.1 Å². The molecule has 0 heterocycles. The minimum Gasteiger partial charge on any atom is -0.490 e. The van der Waals surface area contributed by atoms with Gasteiger partial charge in [-0.25, -0.2) is 0 Å². The van der Waals surface area contributed by atoms with Crippen LogP contribution in [0.15, 0.2) is 84.9 Å². The van der Waals surface area contributed by atoms with Crippen LogP contribution in [-0.4, -0.2) is 26.4 Å². The molecule has 0 aliphatic heterocycles. The van der Waals surface area contributed by atoms with Gasteiger partial charge in [-0.15, -0.1) is 0 Å². The van der Waals surface area contributed by atoms with Crippen molar-refractivity contribution in [2.45, 2.75) is 150 Å². The van der Waals surface area contributed by atoms with Gasteiger partial charge in [-0.1, -0.05) is 136 Å². The van der Waals surface area contributed by atoms with Gasteiger partial charge < -0.3 is 28.4 Å². The van der Waals surface area contributed by atoms with Crippen LogP contribution in [0.2, 0.25) is 0 Å². The molecular formula is C51H72O6. The molecule has 57 heavy (non-hydrogen) atoms. The first-order valence-corrected chi connectivity index (χ1v) is 22.4. The third kappa shape index (κ3) is 16.6. The van der Waals surface area contributed by atoms with Crippen LogP contribution in [0.1, 0.15) is 161 Å². The summed E-state index contributed by atoms with van der Waals surface area (Å²) in [5, 5.41) is 0. The first-order valence-electron chi connectivity index (χ1n) is 22.4. The number of hydrogen-bond donors (Lipinski definition) is 0. The van der Waals surface area contributed by atoms with Crippen LogP contribution in [0.25, 0.3) is 0 Å². The van der Waals surface area contributed by atoms with Crippen molar-refractivity contribution in [1.29, 1.82) is 0 Å². The molecule has 4 rings (SSSR count). The molecule has 6 nitrogen and oxygen atoms in total. The van der Waals surface area contributed by atoms with E-state index in [2.05, 4.69) is 83.1 Å². The molecule has 0 aromatic heterocycles. The lowest BCUT2D eigenvalue weighted by atomic mass is 9.89. The van der Waals surface area contributed by atoms with Crippen molar-refractivity contribution >= 4 is 0 Å². The zero-order chi connectivity index (χ0) is 40.3. The highest BCUT2D eigenvalue weighted by Crippen LogP contribution is 2.37. The fourth-order valence-corrected chi connectivity index (χ4v) is 6.88. The number of hydrogen-bond acceptors (Lipinski definition) is 6. The molecule has 0 saturated heterocycles. The molecule has 0 radical (unpaired) electrons. The molecule has 0 atom stereocenters. The van der Waals surface area contributed by atoms with E-state index >= 15 is 0 Å². The fourth-order valence-electron chi connectivity index (χ4n) is 6.88. The molecule has 4 aromatic carbocycles. The largest absolute Gasteiger partial charge is 0.490 e. The summed E-state index contributed by atoms with van der Waals surface area (Å²) in [7, 11) is 0. The molecule has 0 amide bonds. The van der Waals surface area contributed by atoms with E-state index in [9.17, 15) is 0 Å². The first kappa shape index (κ1) is 45.4. The predicted molar refractivity (Wildman–Crippen MR) is 237 cm³/mol. The Morgan fingerprint density at radius 3 is 0.965 bits per heavy atom. The summed E-state index contributed by atoms with van der Waals surface area (Å²) in [6.07, 6.45) is 19.6. The fraction of sp³-hybridized carbons (Fsp3) is 0.529. The van der Waals surface area contributed by atoms with Crippen LogP contribution < -0.4 is 28.4 Å². The molecule has 0 spiro atoms. The van der Waals surface area contributed by atoms with Gasteiger partial charge in [-0.2, -0.15) is 0 Å². The number of unbranched alkanes of at least 4 members (excludes halogenated alkanes) is 12. The molecule has 0 N–H and O–H groups in total. The molecule has 0 saturated carbocycles. The summed E-state index contributed by atoms with van der Waals surface area (Å²) >= 11 is 0. The first-order chi connectivity index (χ1) is 28.1. The highest BCUT2D eigenvalue weighted by molar-refractivity contribution is 5.49. The third-order valence-corrected chi connectivity index (χ3v) is 10.3. The smallest absolute Gasteiger partial charge is 0.164 e. The van der Waals surface area contributed by atoms with Gasteiger partial charge in [-0.3, -0.25) is 0 Å². The lowest BCUT2D eigenvalue weighted by molar-refractivity contribution is 0.258. The summed E-state index contributed by atoms with van der Waals surface area (Å²) < 4.78 is 37.4. The molecule has 0 unspecified atom stereocenters. The van der Waals surface area contributed by atoms with E-state index in [0.29, 0.717) is 26.4 Å². The van der Waals surface area contributed by atoms with E-state index in [0.717, 1.165) is 78.1 Å². The zero-order valence-corrected chi connectivity index (χ0v) is 36.0. The van der Waals surface area contributed by atoms with Crippen molar-refractivity contribution in [1.82, 2.24) is 0 Å². The lowest BCUT2D eigenvalue weighted by Crippen LogP contribution is -2.03. The van der Waals surface area contributed by atoms with E-state index in [4.69, 9.17) is 28.4 Å². The average molecular weight is 781 g/mol. The van der Waals surface area contributed by atoms with Gasteiger partial charge in [0.1, 0.15) is 23.0 Å². The van der Waals surface area contributed by atoms with Crippen LogP contribution in [0.3, 0.4) is 0 Å². The Labute approximate surface area is 345 Å². The molecule has 0 aliphatic rings. The van der Waals surface area contributed by atoms with Gasteiger partial charge in [0.25, 0.3) is 0 Å². The molecule has 4 aromatic rings. The predicted octanol–water partition coefficient (Wildman–Crippen LogP) is 15.6. The van der Waals surface area contributed by atoms with Gasteiger partial charge in [0.05, 0.1) is 26.4 Å². The molecule has 312 valence electrons. The monoisotopic (exact) mass is 781 g/mol. The second kappa shape index (κ2) is 27.3. The van der Waals surface area contributed by atoms with Gasteiger partial charge in [0, 0.05) is 18.1 Å². The number of ether oxygens (including phenoxy) is 6. The third-order valence-electron chi connectivity index (χ3n) is 10.3. The molecular weight excluding hydrogens is 709 g/mol. The van der Waals surface area contributed by atoms with Gasteiger partial charge >= 0.3 is 0 Å². The van der Waals surface area contributed by atoms with Gasteiger partial charge in [0.15, 0.2) is 23.0 Å². The zero-order valence-electron chi connectivity index (χ0n) is 36.0. The van der Waals surface area contributed by atoms with Gasteiger partial charge in [0.2, 0.25) is 0 Å². The lowest BCUT2D eigenvalue weighted by Gasteiger charge is -2.18. The van der Waals surface area contributed by atoms with Crippen molar-refractivity contribution in [2.24, 2.45) is 0 Å². The Morgan fingerprint density at radius 1 is 0.333 bits per heavy atom. The molecule has 0 fully saturated rings. The van der Waals surface area contributed by atoms with Crippen molar-refractivity contribution in [3.8, 4) is 46.0 Å². The van der Waals surface area contributed by atoms with E-state index in [1.54, 1.807) is 0 Å². The maximum atomic E-state index is 6.34. The molecule has 0 bridgehead atoms. The highest BCUT2D eigenvalue weighted by atomic mass is 16.5. The Morgan fingerprint density at radius 2 is 0.649 bits per heavy atom. The topological polar surface area (TPSA) is 55.4 Å². The standard InChI is InChI=1S/C51H72O6/c1-6-11-15-19-35-52-48-33-31-45(39-50(48)54-37-21-17-13-8-3)56-43-27-23-41(24-28-43)47(10-5)42-25-29-44(30-26-42)57-46-32-34-49(53-36-20-16-12-7-2)51(40-46)55-38-22-18-14-9-4/h23-34,39-40,47H,6-22,35-38H2,1-5H3. The number of rotatable bonds is 31. The average Bonchev–Trinajstić information content (AvgIpc) is 3.23. The molecule has 6 heteroatoms. The summed E-state index contributed by atoms with van der Waals surface area (Å²) in [4.78, 5) is 0. The minimum absolute atomic E-state index is 0.246. The minimum atomic E-state index is 0.246. The van der Waals surface area contributed by atoms with Crippen LogP contribution in [0.5, 0.6) is 46.0 Å². The quantitative estimate of drug-likeness (QED) is 0.0474. The van der Waals surface area contributed by atoms with Crippen LogP contribution in [0, 0.1) is 0 Å². The van der Waals surface area contributed by atoms with Crippen LogP contribution in [-0.2, 0) is 0 Å². The molecule has 0 aliphatic carbocycles. The Kier molecular flexibility index (Phi) is 21.8. The maximum absolute atomic E-state index is 6.34. The normalized spacial score (nSPS) is 11.1. The van der Waals surface area contributed by atoms with E-state index in [1.165, 1.54) is 88.2 Å². The van der Waals surface area contributed by atoms with Crippen LogP contribution >= 0.6 is 0 Å². The second-order valence-electron chi connectivity index (χ2n) is 15.2. The van der Waals surface area contributed by atoms with Crippen molar-refractivity contribution in [2.75, 3.05) is 26.4 Å².